The number of aromatic nitrogens is 3. The predicted octanol–water partition coefficient (Wildman–Crippen LogP) is 5.61. The normalized spacial score (nSPS) is 11.9. The molecule has 0 fully saturated rings. The molecule has 0 radical (unpaired) electrons. The fourth-order valence-corrected chi connectivity index (χ4v) is 3.91. The third kappa shape index (κ3) is 4.61. The number of anilines is 1. The van der Waals surface area contributed by atoms with Gasteiger partial charge in [0.15, 0.2) is 28.4 Å². The van der Waals surface area contributed by atoms with Crippen molar-refractivity contribution in [1.82, 2.24) is 14.8 Å². The number of nitrogens with one attached hydrogen (secondary N) is 1. The maximum Gasteiger partial charge on any atom is 0.237 e. The number of halogens is 4. The zero-order valence-electron chi connectivity index (χ0n) is 17.1. The maximum atomic E-state index is 14.5. The van der Waals surface area contributed by atoms with Gasteiger partial charge in [-0.1, -0.05) is 42.1 Å². The van der Waals surface area contributed by atoms with Gasteiger partial charge in [0, 0.05) is 5.69 Å². The molecule has 1 N–H and O–H groups in total. The summed E-state index contributed by atoms with van der Waals surface area (Å²) in [5.74, 6) is -5.44. The van der Waals surface area contributed by atoms with Gasteiger partial charge in [0.25, 0.3) is 0 Å². The summed E-state index contributed by atoms with van der Waals surface area (Å²) in [6.45, 7) is 1.53. The predicted molar refractivity (Wildman–Crippen MR) is 117 cm³/mol. The highest BCUT2D eigenvalue weighted by Crippen LogP contribution is 2.31. The van der Waals surface area contributed by atoms with Crippen LogP contribution in [0.15, 0.2) is 71.9 Å². The average molecular weight is 472 g/mol. The number of nitrogens with zero attached hydrogens (tertiary/aromatic N) is 3. The summed E-state index contributed by atoms with van der Waals surface area (Å²) in [5.41, 5.74) is 0.382. The van der Waals surface area contributed by atoms with Gasteiger partial charge in [-0.2, -0.15) is 0 Å². The van der Waals surface area contributed by atoms with E-state index >= 15 is 0 Å². The van der Waals surface area contributed by atoms with E-state index in [0.29, 0.717) is 5.69 Å². The molecule has 1 unspecified atom stereocenters. The molecule has 0 saturated carbocycles. The average Bonchev–Trinajstić information content (AvgIpc) is 3.23. The van der Waals surface area contributed by atoms with Gasteiger partial charge >= 0.3 is 0 Å². The number of hydrogen-bond acceptors (Lipinski definition) is 4. The van der Waals surface area contributed by atoms with Crippen LogP contribution in [0.3, 0.4) is 0 Å². The van der Waals surface area contributed by atoms with Crippen LogP contribution in [-0.2, 0) is 4.79 Å². The van der Waals surface area contributed by atoms with Crippen molar-refractivity contribution in [2.75, 3.05) is 5.32 Å². The second-order valence-corrected chi connectivity index (χ2v) is 8.24. The number of amides is 1. The minimum atomic E-state index is -1.67. The summed E-state index contributed by atoms with van der Waals surface area (Å²) >= 11 is 0.992. The first-order valence-electron chi connectivity index (χ1n) is 9.73. The lowest BCUT2D eigenvalue weighted by molar-refractivity contribution is -0.115. The van der Waals surface area contributed by atoms with Crippen molar-refractivity contribution in [3.63, 3.8) is 0 Å². The summed E-state index contributed by atoms with van der Waals surface area (Å²) in [6.07, 6.45) is 0. The van der Waals surface area contributed by atoms with Crippen molar-refractivity contribution in [3.8, 4) is 17.1 Å². The number of rotatable bonds is 6. The molecule has 0 aliphatic carbocycles. The SMILES string of the molecule is CC(Sc1nnc(-c2ccccc2F)n1-c1ccccc1)C(=O)Nc1ccc(F)c(F)c1F. The maximum absolute atomic E-state index is 14.5. The quantitative estimate of drug-likeness (QED) is 0.225. The van der Waals surface area contributed by atoms with Crippen LogP contribution in [0.5, 0.6) is 0 Å². The van der Waals surface area contributed by atoms with E-state index in [0.717, 1.165) is 23.9 Å². The molecule has 168 valence electrons. The summed E-state index contributed by atoms with van der Waals surface area (Å²) in [4.78, 5) is 12.6. The van der Waals surface area contributed by atoms with E-state index in [1.807, 2.05) is 6.07 Å². The van der Waals surface area contributed by atoms with E-state index < -0.39 is 40.1 Å². The molecule has 0 bridgehead atoms. The molecule has 10 heteroatoms. The molecular formula is C23H16F4N4OS. The van der Waals surface area contributed by atoms with E-state index in [9.17, 15) is 22.4 Å². The van der Waals surface area contributed by atoms with Crippen LogP contribution in [0.2, 0.25) is 0 Å². The molecule has 1 heterocycles. The summed E-state index contributed by atoms with van der Waals surface area (Å²) in [5, 5.41) is 9.95. The van der Waals surface area contributed by atoms with Gasteiger partial charge in [0.1, 0.15) is 5.82 Å². The number of hydrogen-bond donors (Lipinski definition) is 1. The van der Waals surface area contributed by atoms with E-state index in [-0.39, 0.29) is 16.5 Å². The minimum Gasteiger partial charge on any atom is -0.323 e. The lowest BCUT2D eigenvalue weighted by atomic mass is 10.2. The molecule has 0 spiro atoms. The van der Waals surface area contributed by atoms with Crippen LogP contribution < -0.4 is 5.32 Å². The Morgan fingerprint density at radius 2 is 1.58 bits per heavy atom. The second-order valence-electron chi connectivity index (χ2n) is 6.93. The van der Waals surface area contributed by atoms with Gasteiger partial charge in [-0.25, -0.2) is 17.6 Å². The van der Waals surface area contributed by atoms with Crippen LogP contribution in [-0.4, -0.2) is 25.9 Å². The van der Waals surface area contributed by atoms with Crippen molar-refractivity contribution >= 4 is 23.4 Å². The Morgan fingerprint density at radius 3 is 2.30 bits per heavy atom. The van der Waals surface area contributed by atoms with Gasteiger partial charge in [0.05, 0.1) is 16.5 Å². The fourth-order valence-electron chi connectivity index (χ4n) is 3.04. The van der Waals surface area contributed by atoms with E-state index in [4.69, 9.17) is 0 Å². The monoisotopic (exact) mass is 472 g/mol. The Hall–Kier alpha value is -3.66. The molecule has 3 aromatic carbocycles. The molecule has 0 aliphatic heterocycles. The van der Waals surface area contributed by atoms with Crippen LogP contribution in [0.1, 0.15) is 6.92 Å². The largest absolute Gasteiger partial charge is 0.323 e. The van der Waals surface area contributed by atoms with E-state index in [2.05, 4.69) is 15.5 Å². The van der Waals surface area contributed by atoms with Crippen molar-refractivity contribution in [2.45, 2.75) is 17.3 Å². The molecule has 4 rings (SSSR count). The molecule has 1 amide bonds. The molecule has 0 aliphatic rings. The molecule has 0 saturated heterocycles. The van der Waals surface area contributed by atoms with Crippen molar-refractivity contribution < 1.29 is 22.4 Å². The van der Waals surface area contributed by atoms with Gasteiger partial charge in [-0.3, -0.25) is 9.36 Å². The fraction of sp³-hybridized carbons (Fsp3) is 0.0870. The van der Waals surface area contributed by atoms with Gasteiger partial charge in [-0.15, -0.1) is 10.2 Å². The Labute approximate surface area is 190 Å². The topological polar surface area (TPSA) is 59.8 Å². The molecule has 1 atom stereocenters. The third-order valence-electron chi connectivity index (χ3n) is 4.71. The second kappa shape index (κ2) is 9.45. The van der Waals surface area contributed by atoms with Crippen molar-refractivity contribution in [1.29, 1.82) is 0 Å². The Balaban J connectivity index is 1.65. The van der Waals surface area contributed by atoms with Gasteiger partial charge < -0.3 is 5.32 Å². The standard InChI is InChI=1S/C23H16F4N4OS/c1-13(22(32)28-18-12-11-17(25)19(26)20(18)27)33-23-30-29-21(15-9-5-6-10-16(15)24)31(23)14-7-3-2-4-8-14/h2-13H,1H3,(H,28,32). The number of benzene rings is 3. The molecule has 5 nitrogen and oxygen atoms in total. The van der Waals surface area contributed by atoms with Crippen molar-refractivity contribution in [2.24, 2.45) is 0 Å². The highest BCUT2D eigenvalue weighted by Gasteiger charge is 2.24. The lowest BCUT2D eigenvalue weighted by Gasteiger charge is -2.14. The molecular weight excluding hydrogens is 456 g/mol. The van der Waals surface area contributed by atoms with E-state index in [1.54, 1.807) is 47.0 Å². The van der Waals surface area contributed by atoms with Crippen LogP contribution in [0.25, 0.3) is 17.1 Å². The Morgan fingerprint density at radius 1 is 0.879 bits per heavy atom. The first-order valence-corrected chi connectivity index (χ1v) is 10.6. The minimum absolute atomic E-state index is 0.224. The van der Waals surface area contributed by atoms with Crippen LogP contribution in [0.4, 0.5) is 23.2 Å². The number of carbonyl (C=O) groups excluding carboxylic acids is 1. The number of thioether (sulfide) groups is 1. The third-order valence-corrected chi connectivity index (χ3v) is 5.75. The Bertz CT molecular complexity index is 1310. The summed E-state index contributed by atoms with van der Waals surface area (Å²) < 4.78 is 56.6. The highest BCUT2D eigenvalue weighted by molar-refractivity contribution is 8.00. The molecule has 4 aromatic rings. The summed E-state index contributed by atoms with van der Waals surface area (Å²) in [6, 6.07) is 16.7. The highest BCUT2D eigenvalue weighted by atomic mass is 32.2. The lowest BCUT2D eigenvalue weighted by Crippen LogP contribution is -2.23. The first-order chi connectivity index (χ1) is 15.9. The summed E-state index contributed by atoms with van der Waals surface area (Å²) in [7, 11) is 0. The van der Waals surface area contributed by atoms with E-state index in [1.165, 1.54) is 13.0 Å². The van der Waals surface area contributed by atoms with Gasteiger partial charge in [0.2, 0.25) is 5.91 Å². The van der Waals surface area contributed by atoms with Crippen molar-refractivity contribution in [3.05, 3.63) is 90.0 Å². The van der Waals surface area contributed by atoms with Crippen LogP contribution >= 0.6 is 11.8 Å². The zero-order chi connectivity index (χ0) is 23.5. The van der Waals surface area contributed by atoms with Gasteiger partial charge in [-0.05, 0) is 43.3 Å². The Kier molecular flexibility index (Phi) is 6.45. The molecule has 33 heavy (non-hydrogen) atoms. The zero-order valence-corrected chi connectivity index (χ0v) is 17.9. The smallest absolute Gasteiger partial charge is 0.237 e. The molecule has 1 aromatic heterocycles. The number of para-hydroxylation sites is 1. The van der Waals surface area contributed by atoms with Crippen LogP contribution in [0, 0.1) is 23.3 Å². The number of carbonyl (C=O) groups is 1. The first kappa shape index (κ1) is 22.5.